The van der Waals surface area contributed by atoms with Crippen LogP contribution in [0.4, 0.5) is 4.79 Å². The maximum atomic E-state index is 13.8. The monoisotopic (exact) mass is 518 g/mol. The van der Waals surface area contributed by atoms with Gasteiger partial charge >= 0.3 is 12.1 Å². The summed E-state index contributed by atoms with van der Waals surface area (Å²) in [4.78, 5) is 64.2. The molecule has 0 aliphatic rings. The molecule has 0 aliphatic heterocycles. The minimum absolute atomic E-state index is 0.0778. The van der Waals surface area contributed by atoms with E-state index in [9.17, 15) is 24.0 Å². The molecule has 1 rings (SSSR count). The Bertz CT molecular complexity index is 1020. The maximum Gasteiger partial charge on any atom is 0.408 e. The minimum atomic E-state index is -1.23. The fourth-order valence-corrected chi connectivity index (χ4v) is 3.49. The second kappa shape index (κ2) is 14.0. The number of hydrogen-bond donors (Lipinski definition) is 3. The van der Waals surface area contributed by atoms with Crippen LogP contribution in [0.2, 0.25) is 0 Å². The van der Waals surface area contributed by atoms with Crippen molar-refractivity contribution in [2.24, 2.45) is 5.73 Å². The van der Waals surface area contributed by atoms with Gasteiger partial charge in [-0.05, 0) is 52.2 Å². The van der Waals surface area contributed by atoms with Crippen LogP contribution in [-0.4, -0.2) is 66.5 Å². The molecule has 0 heterocycles. The predicted octanol–water partition coefficient (Wildman–Crippen LogP) is 1.81. The lowest BCUT2D eigenvalue weighted by atomic mass is 9.95. The van der Waals surface area contributed by atoms with Crippen molar-refractivity contribution in [1.82, 2.24) is 15.5 Å². The molecule has 4 amide bonds. The van der Waals surface area contributed by atoms with Crippen LogP contribution in [0.3, 0.4) is 0 Å². The van der Waals surface area contributed by atoms with E-state index in [1.54, 1.807) is 33.8 Å². The van der Waals surface area contributed by atoms with Gasteiger partial charge in [-0.1, -0.05) is 29.8 Å². The minimum Gasteiger partial charge on any atom is -0.468 e. The molecule has 204 valence electrons. The first-order valence-electron chi connectivity index (χ1n) is 11.8. The number of aryl methyl sites for hydroxylation is 2. The third kappa shape index (κ3) is 10.3. The average molecular weight is 519 g/mol. The highest BCUT2D eigenvalue weighted by Gasteiger charge is 2.36. The summed E-state index contributed by atoms with van der Waals surface area (Å²) in [6.45, 7) is 11.8. The summed E-state index contributed by atoms with van der Waals surface area (Å²) >= 11 is 0. The van der Waals surface area contributed by atoms with E-state index in [0.29, 0.717) is 5.56 Å². The zero-order valence-corrected chi connectivity index (χ0v) is 22.4. The van der Waals surface area contributed by atoms with E-state index in [1.807, 2.05) is 19.1 Å². The zero-order chi connectivity index (χ0) is 28.3. The lowest BCUT2D eigenvalue weighted by Crippen LogP contribution is -2.53. The van der Waals surface area contributed by atoms with Gasteiger partial charge in [-0.2, -0.15) is 0 Å². The molecule has 37 heavy (non-hydrogen) atoms. The van der Waals surface area contributed by atoms with Crippen LogP contribution in [0, 0.1) is 13.8 Å². The first-order chi connectivity index (χ1) is 17.2. The number of benzene rings is 1. The van der Waals surface area contributed by atoms with Crippen molar-refractivity contribution in [2.75, 3.05) is 20.2 Å². The summed E-state index contributed by atoms with van der Waals surface area (Å²) in [5, 5.41) is 5.00. The highest BCUT2D eigenvalue weighted by atomic mass is 16.6. The largest absolute Gasteiger partial charge is 0.468 e. The van der Waals surface area contributed by atoms with Gasteiger partial charge in [0.2, 0.25) is 17.7 Å². The number of methoxy groups -OCH3 is 1. The van der Waals surface area contributed by atoms with Gasteiger partial charge in [0.1, 0.15) is 24.2 Å². The van der Waals surface area contributed by atoms with Gasteiger partial charge in [0, 0.05) is 13.0 Å². The van der Waals surface area contributed by atoms with Crippen molar-refractivity contribution in [1.29, 1.82) is 0 Å². The second-order valence-corrected chi connectivity index (χ2v) is 9.54. The smallest absolute Gasteiger partial charge is 0.408 e. The SMILES string of the molecule is C=CCN(C(=O)C(CCC(N)=O)NC(=O)OC(C)(C)C)C(C(=O)NCC(=O)OC)c1cc(C)ccc1C. The first-order valence-corrected chi connectivity index (χ1v) is 11.8. The molecule has 1 aromatic carbocycles. The third-order valence-electron chi connectivity index (χ3n) is 5.20. The van der Waals surface area contributed by atoms with Crippen molar-refractivity contribution >= 4 is 29.8 Å². The standard InChI is InChI=1S/C26H38N4O7/c1-8-13-30(24(34)19(11-12-20(27)31)29-25(35)37-26(4,5)6)22(23(33)28-15-21(32)36-7)18-14-16(2)9-10-17(18)3/h8-10,14,19,22H,1,11-13,15H2,2-7H3,(H2,27,31)(H,28,33)(H,29,35). The lowest BCUT2D eigenvalue weighted by molar-refractivity contribution is -0.144. The van der Waals surface area contributed by atoms with Gasteiger partial charge < -0.3 is 30.7 Å². The van der Waals surface area contributed by atoms with Gasteiger partial charge in [-0.25, -0.2) is 4.79 Å². The normalized spacial score (nSPS) is 12.5. The molecule has 0 aliphatic carbocycles. The molecule has 1 aromatic rings. The van der Waals surface area contributed by atoms with E-state index in [1.165, 1.54) is 18.1 Å². The van der Waals surface area contributed by atoms with E-state index in [-0.39, 0.29) is 19.4 Å². The quantitative estimate of drug-likeness (QED) is 0.281. The van der Waals surface area contributed by atoms with Gasteiger partial charge in [0.25, 0.3) is 0 Å². The number of carbonyl (C=O) groups excluding carboxylic acids is 5. The highest BCUT2D eigenvalue weighted by molar-refractivity contribution is 5.93. The summed E-state index contributed by atoms with van der Waals surface area (Å²) in [6, 6.07) is 3.02. The van der Waals surface area contributed by atoms with Gasteiger partial charge in [0.05, 0.1) is 7.11 Å². The molecule has 0 radical (unpaired) electrons. The topological polar surface area (TPSA) is 157 Å². The highest BCUT2D eigenvalue weighted by Crippen LogP contribution is 2.27. The number of ether oxygens (including phenoxy) is 2. The Morgan fingerprint density at radius 1 is 1.16 bits per heavy atom. The number of primary amides is 1. The van der Waals surface area contributed by atoms with Gasteiger partial charge in [0.15, 0.2) is 0 Å². The summed E-state index contributed by atoms with van der Waals surface area (Å²) < 4.78 is 9.89. The lowest BCUT2D eigenvalue weighted by Gasteiger charge is -2.34. The Hall–Kier alpha value is -3.89. The molecule has 0 bridgehead atoms. The van der Waals surface area contributed by atoms with Crippen molar-refractivity contribution in [3.63, 3.8) is 0 Å². The Labute approximate surface area is 217 Å². The first kappa shape index (κ1) is 31.1. The van der Waals surface area contributed by atoms with Crippen LogP contribution >= 0.6 is 0 Å². The van der Waals surface area contributed by atoms with Crippen molar-refractivity contribution < 1.29 is 33.4 Å². The number of carbonyl (C=O) groups is 5. The fourth-order valence-electron chi connectivity index (χ4n) is 3.49. The van der Waals surface area contributed by atoms with Gasteiger partial charge in [-0.3, -0.25) is 19.2 Å². The Balaban J connectivity index is 3.52. The molecule has 2 unspecified atom stereocenters. The molecule has 0 saturated heterocycles. The van der Waals surface area contributed by atoms with Crippen LogP contribution in [0.25, 0.3) is 0 Å². The van der Waals surface area contributed by atoms with Crippen molar-refractivity contribution in [3.8, 4) is 0 Å². The van der Waals surface area contributed by atoms with Crippen LogP contribution in [-0.2, 0) is 28.7 Å². The molecule has 11 nitrogen and oxygen atoms in total. The van der Waals surface area contributed by atoms with Crippen LogP contribution in [0.15, 0.2) is 30.9 Å². The summed E-state index contributed by atoms with van der Waals surface area (Å²) in [6.07, 6.45) is 0.246. The van der Waals surface area contributed by atoms with E-state index in [4.69, 9.17) is 10.5 Å². The summed E-state index contributed by atoms with van der Waals surface area (Å²) in [7, 11) is 1.19. The summed E-state index contributed by atoms with van der Waals surface area (Å²) in [5.74, 6) is -2.63. The predicted molar refractivity (Wildman–Crippen MR) is 137 cm³/mol. The van der Waals surface area contributed by atoms with E-state index in [0.717, 1.165) is 11.1 Å². The number of esters is 1. The van der Waals surface area contributed by atoms with E-state index < -0.39 is 54.0 Å². The molecule has 11 heteroatoms. The molecule has 2 atom stereocenters. The van der Waals surface area contributed by atoms with Crippen molar-refractivity contribution in [2.45, 2.75) is 65.1 Å². The maximum absolute atomic E-state index is 13.8. The molecular formula is C26H38N4O7. The zero-order valence-electron chi connectivity index (χ0n) is 22.4. The molecule has 4 N–H and O–H groups in total. The number of amides is 4. The Morgan fingerprint density at radius 3 is 2.35 bits per heavy atom. The Morgan fingerprint density at radius 2 is 1.81 bits per heavy atom. The number of alkyl carbamates (subject to hydrolysis) is 1. The number of nitrogens with two attached hydrogens (primary N) is 1. The number of nitrogens with one attached hydrogen (secondary N) is 2. The number of rotatable bonds is 12. The third-order valence-corrected chi connectivity index (χ3v) is 5.20. The second-order valence-electron chi connectivity index (χ2n) is 9.54. The molecule has 0 aromatic heterocycles. The number of hydrogen-bond acceptors (Lipinski definition) is 7. The Kier molecular flexibility index (Phi) is 11.8. The van der Waals surface area contributed by atoms with E-state index >= 15 is 0 Å². The van der Waals surface area contributed by atoms with Crippen molar-refractivity contribution in [3.05, 3.63) is 47.5 Å². The van der Waals surface area contributed by atoms with Crippen LogP contribution in [0.5, 0.6) is 0 Å². The molecule has 0 saturated carbocycles. The molecular weight excluding hydrogens is 480 g/mol. The molecule has 0 spiro atoms. The van der Waals surface area contributed by atoms with Gasteiger partial charge in [-0.15, -0.1) is 6.58 Å². The average Bonchev–Trinajstić information content (AvgIpc) is 2.80. The number of nitrogens with zero attached hydrogens (tertiary/aromatic N) is 1. The van der Waals surface area contributed by atoms with E-state index in [2.05, 4.69) is 21.9 Å². The van der Waals surface area contributed by atoms with Crippen LogP contribution < -0.4 is 16.4 Å². The van der Waals surface area contributed by atoms with Crippen LogP contribution in [0.1, 0.15) is 56.3 Å². The molecule has 0 fully saturated rings. The summed E-state index contributed by atoms with van der Waals surface area (Å²) in [5.41, 5.74) is 6.54. The fraction of sp³-hybridized carbons (Fsp3) is 0.500.